The zero-order valence-electron chi connectivity index (χ0n) is 23.8. The molecule has 0 spiro atoms. The third-order valence-corrected chi connectivity index (χ3v) is 10.5. The predicted octanol–water partition coefficient (Wildman–Crippen LogP) is 12.5. The average molecular weight is 576 g/mol. The minimum Gasteiger partial charge on any atom is -0.354 e. The molecule has 0 atom stereocenters. The Morgan fingerprint density at radius 1 is 0.341 bits per heavy atom. The number of hydrogen-bond acceptors (Lipinski definition) is 1. The average Bonchev–Trinajstić information content (AvgIpc) is 3.66. The Kier molecular flexibility index (Phi) is 4.94. The lowest BCUT2D eigenvalue weighted by Gasteiger charge is -2.18. The van der Waals surface area contributed by atoms with E-state index in [0.717, 1.165) is 0 Å². The first-order valence-corrected chi connectivity index (χ1v) is 15.9. The van der Waals surface area contributed by atoms with Crippen molar-refractivity contribution in [3.63, 3.8) is 0 Å². The fourth-order valence-electron chi connectivity index (χ4n) is 7.58. The fourth-order valence-corrected chi connectivity index (χ4v) is 8.70. The first-order valence-electron chi connectivity index (χ1n) is 15.1. The van der Waals surface area contributed by atoms with Gasteiger partial charge < -0.3 is 4.98 Å². The summed E-state index contributed by atoms with van der Waals surface area (Å²) in [6.07, 6.45) is 0. The Labute approximate surface area is 257 Å². The van der Waals surface area contributed by atoms with Crippen molar-refractivity contribution in [2.24, 2.45) is 0 Å². The zero-order valence-corrected chi connectivity index (χ0v) is 24.6. The van der Waals surface area contributed by atoms with Crippen LogP contribution < -0.4 is 0 Å². The first kappa shape index (κ1) is 24.0. The van der Waals surface area contributed by atoms with Crippen LogP contribution in [0.5, 0.6) is 0 Å². The monoisotopic (exact) mass is 575 g/mol. The van der Waals surface area contributed by atoms with Crippen LogP contribution in [0.4, 0.5) is 0 Å². The molecule has 2 aromatic heterocycles. The normalized spacial score (nSPS) is 12.1. The van der Waals surface area contributed by atoms with Gasteiger partial charge in [0.25, 0.3) is 0 Å². The molecular formula is C42H25NS. The topological polar surface area (TPSA) is 15.8 Å². The number of hydrogen-bond donors (Lipinski definition) is 1. The van der Waals surface area contributed by atoms with Crippen molar-refractivity contribution < 1.29 is 0 Å². The highest BCUT2D eigenvalue weighted by Gasteiger charge is 2.22. The van der Waals surface area contributed by atoms with Gasteiger partial charge in [-0.2, -0.15) is 0 Å². The maximum Gasteiger partial charge on any atom is 0.0544 e. The minimum absolute atomic E-state index is 1.17. The second-order valence-corrected chi connectivity index (χ2v) is 12.8. The molecule has 2 heterocycles. The number of aromatic nitrogens is 1. The van der Waals surface area contributed by atoms with Crippen LogP contribution in [0.3, 0.4) is 0 Å². The zero-order chi connectivity index (χ0) is 28.8. The van der Waals surface area contributed by atoms with E-state index in [1.165, 1.54) is 96.5 Å². The van der Waals surface area contributed by atoms with E-state index in [2.05, 4.69) is 151 Å². The molecule has 204 valence electrons. The predicted molar refractivity (Wildman–Crippen MR) is 192 cm³/mol. The van der Waals surface area contributed by atoms with Crippen molar-refractivity contribution in [1.82, 2.24) is 4.98 Å². The molecule has 0 radical (unpaired) electrons. The van der Waals surface area contributed by atoms with Gasteiger partial charge in [-0.3, -0.25) is 0 Å². The number of nitrogens with one attached hydrogen (secondary N) is 1. The van der Waals surface area contributed by atoms with Crippen LogP contribution in [0.25, 0.3) is 96.5 Å². The molecule has 0 fully saturated rings. The van der Waals surface area contributed by atoms with E-state index in [1.54, 1.807) is 0 Å². The van der Waals surface area contributed by atoms with E-state index in [1.807, 2.05) is 11.3 Å². The van der Waals surface area contributed by atoms with E-state index >= 15 is 0 Å². The van der Waals surface area contributed by atoms with E-state index in [0.29, 0.717) is 0 Å². The number of H-pyrrole nitrogens is 1. The fraction of sp³-hybridized carbons (Fsp3) is 0. The number of rotatable bonds is 2. The van der Waals surface area contributed by atoms with Gasteiger partial charge in [-0.15, -0.1) is 11.3 Å². The molecule has 1 nitrogen and oxygen atoms in total. The van der Waals surface area contributed by atoms with Crippen LogP contribution in [0.1, 0.15) is 0 Å². The molecule has 0 aliphatic heterocycles. The van der Waals surface area contributed by atoms with Crippen LogP contribution in [0.15, 0.2) is 146 Å². The van der Waals surface area contributed by atoms with Gasteiger partial charge in [0.05, 0.1) is 5.52 Å². The van der Waals surface area contributed by atoms with Gasteiger partial charge in [0.2, 0.25) is 0 Å². The highest BCUT2D eigenvalue weighted by molar-refractivity contribution is 7.26. The van der Waals surface area contributed by atoms with Crippen LogP contribution >= 0.6 is 11.3 Å². The van der Waals surface area contributed by atoms with E-state index in [-0.39, 0.29) is 0 Å². The Balaban J connectivity index is 1.44. The molecule has 1 N–H and O–H groups in total. The van der Waals surface area contributed by atoms with Gasteiger partial charge in [0.1, 0.15) is 0 Å². The van der Waals surface area contributed by atoms with Crippen LogP contribution in [0.2, 0.25) is 0 Å². The molecule has 0 saturated heterocycles. The van der Waals surface area contributed by atoms with Crippen molar-refractivity contribution in [3.05, 3.63) is 146 Å². The van der Waals surface area contributed by atoms with Gasteiger partial charge in [-0.05, 0) is 67.2 Å². The summed E-state index contributed by atoms with van der Waals surface area (Å²) in [6, 6.07) is 53.6. The second-order valence-electron chi connectivity index (χ2n) is 11.7. The summed E-state index contributed by atoms with van der Waals surface area (Å²) in [5.41, 5.74) is 7.42. The molecule has 10 aromatic rings. The Bertz CT molecular complexity index is 2730. The standard InChI is InChI=1S/C42H25NS/c1-2-12-27-25(11-1)26-13-3-4-15-29(26)39-30(27)17-9-20-35(39)40-31(23-24-38-41(40)34-16-6-8-22-37(34)44-38)33-19-10-18-32-28-14-5-7-21-36(28)43-42(32)33/h1-24,43H. The summed E-state index contributed by atoms with van der Waals surface area (Å²) >= 11 is 1.89. The van der Waals surface area contributed by atoms with Crippen molar-refractivity contribution >= 4 is 85.6 Å². The third-order valence-electron chi connectivity index (χ3n) is 9.41. The van der Waals surface area contributed by atoms with E-state index in [9.17, 15) is 0 Å². The van der Waals surface area contributed by atoms with Crippen molar-refractivity contribution in [3.8, 4) is 22.3 Å². The summed E-state index contributed by atoms with van der Waals surface area (Å²) in [7, 11) is 0. The molecule has 2 heteroatoms. The smallest absolute Gasteiger partial charge is 0.0544 e. The van der Waals surface area contributed by atoms with Crippen molar-refractivity contribution in [1.29, 1.82) is 0 Å². The number of para-hydroxylation sites is 2. The van der Waals surface area contributed by atoms with E-state index in [4.69, 9.17) is 0 Å². The molecule has 0 bridgehead atoms. The summed E-state index contributed by atoms with van der Waals surface area (Å²) in [4.78, 5) is 3.80. The molecule has 0 amide bonds. The summed E-state index contributed by atoms with van der Waals surface area (Å²) in [5.74, 6) is 0. The lowest BCUT2D eigenvalue weighted by Crippen LogP contribution is -1.91. The molecule has 10 rings (SSSR count). The second kappa shape index (κ2) is 9.03. The summed E-state index contributed by atoms with van der Waals surface area (Å²) in [5, 5.41) is 13.0. The lowest BCUT2D eigenvalue weighted by atomic mass is 9.85. The third kappa shape index (κ3) is 3.23. The maximum absolute atomic E-state index is 3.80. The number of fused-ring (bicyclic) bond motifs is 12. The highest BCUT2D eigenvalue weighted by Crippen LogP contribution is 2.49. The Morgan fingerprint density at radius 3 is 1.68 bits per heavy atom. The Morgan fingerprint density at radius 2 is 0.909 bits per heavy atom. The van der Waals surface area contributed by atoms with E-state index < -0.39 is 0 Å². The minimum atomic E-state index is 1.17. The maximum atomic E-state index is 3.80. The van der Waals surface area contributed by atoms with Crippen LogP contribution in [0, 0.1) is 0 Å². The van der Waals surface area contributed by atoms with Crippen LogP contribution in [-0.4, -0.2) is 4.98 Å². The van der Waals surface area contributed by atoms with Crippen molar-refractivity contribution in [2.45, 2.75) is 0 Å². The van der Waals surface area contributed by atoms with Gasteiger partial charge in [-0.1, -0.05) is 127 Å². The highest BCUT2D eigenvalue weighted by atomic mass is 32.1. The largest absolute Gasteiger partial charge is 0.354 e. The molecule has 0 unspecified atom stereocenters. The SMILES string of the molecule is c1ccc2c(c1)[nH]c1c(-c3ccc4sc5ccccc5c4c3-c3cccc4c5ccccc5c5ccccc5c34)cccc12. The molecular weight excluding hydrogens is 551 g/mol. The van der Waals surface area contributed by atoms with Crippen molar-refractivity contribution in [2.75, 3.05) is 0 Å². The number of benzene rings is 8. The van der Waals surface area contributed by atoms with Gasteiger partial charge >= 0.3 is 0 Å². The van der Waals surface area contributed by atoms with Gasteiger partial charge in [-0.25, -0.2) is 0 Å². The molecule has 44 heavy (non-hydrogen) atoms. The number of thiophene rings is 1. The summed E-state index contributed by atoms with van der Waals surface area (Å²) in [6.45, 7) is 0. The number of aromatic amines is 1. The van der Waals surface area contributed by atoms with Crippen LogP contribution in [-0.2, 0) is 0 Å². The molecule has 0 saturated carbocycles. The molecule has 8 aromatic carbocycles. The van der Waals surface area contributed by atoms with Gasteiger partial charge in [0, 0.05) is 42.0 Å². The quantitative estimate of drug-likeness (QED) is 0.197. The Hall–Kier alpha value is -5.44. The summed E-state index contributed by atoms with van der Waals surface area (Å²) < 4.78 is 2.64. The first-order chi connectivity index (χ1) is 21.8. The lowest BCUT2D eigenvalue weighted by molar-refractivity contribution is 1.54. The van der Waals surface area contributed by atoms with Gasteiger partial charge in [0.15, 0.2) is 0 Å². The molecule has 0 aliphatic rings. The molecule has 0 aliphatic carbocycles.